The first kappa shape index (κ1) is 26.2. The number of likely N-dealkylation sites (tertiary alicyclic amines) is 1. The van der Waals surface area contributed by atoms with Crippen molar-refractivity contribution >= 4 is 45.3 Å². The largest absolute Gasteiger partial charge is 0.491 e. The van der Waals surface area contributed by atoms with Crippen LogP contribution >= 0.6 is 15.9 Å². The third kappa shape index (κ3) is 4.45. The van der Waals surface area contributed by atoms with Crippen molar-refractivity contribution in [2.24, 2.45) is 17.8 Å². The standard InChI is InChI=1S/C28H26BrNO8/c29-20-13-21(32)25-19(26(20)35)12-18-16(23(25)14-3-5-15(6-4-14)38-11-10-31)7-8-17-24(18)28(37)30(27(17)36)9-1-2-22(33)34/h3-7,13,17-18,23-24,31H,1-2,8-12H2,(H,33,34). The molecule has 198 valence electrons. The Morgan fingerprint density at radius 3 is 2.50 bits per heavy atom. The van der Waals surface area contributed by atoms with Crippen LogP contribution < -0.4 is 4.74 Å². The van der Waals surface area contributed by atoms with Crippen LogP contribution in [0.2, 0.25) is 0 Å². The molecule has 5 rings (SSSR count). The Balaban J connectivity index is 1.53. The number of fused-ring (bicyclic) bond motifs is 3. The van der Waals surface area contributed by atoms with E-state index >= 15 is 0 Å². The number of carboxylic acids is 1. The summed E-state index contributed by atoms with van der Waals surface area (Å²) in [5.41, 5.74) is 2.33. The Labute approximate surface area is 227 Å². The van der Waals surface area contributed by atoms with E-state index in [-0.39, 0.29) is 66.9 Å². The lowest BCUT2D eigenvalue weighted by Gasteiger charge is -2.42. The van der Waals surface area contributed by atoms with E-state index in [0.29, 0.717) is 23.3 Å². The second-order valence-electron chi connectivity index (χ2n) is 9.86. The van der Waals surface area contributed by atoms with Gasteiger partial charge in [0.2, 0.25) is 11.8 Å². The normalized spacial score (nSPS) is 26.5. The van der Waals surface area contributed by atoms with Crippen LogP contribution in [0.15, 0.2) is 57.6 Å². The molecule has 1 aliphatic heterocycles. The Hall–Kier alpha value is -3.37. The number of amides is 2. The van der Waals surface area contributed by atoms with Crippen molar-refractivity contribution in [3.05, 3.63) is 63.2 Å². The molecule has 4 unspecified atom stereocenters. The molecule has 1 fully saturated rings. The van der Waals surface area contributed by atoms with E-state index in [1.54, 1.807) is 12.1 Å². The third-order valence-electron chi connectivity index (χ3n) is 7.77. The monoisotopic (exact) mass is 583 g/mol. The highest BCUT2D eigenvalue weighted by atomic mass is 79.9. The maximum atomic E-state index is 13.5. The molecular weight excluding hydrogens is 558 g/mol. The minimum atomic E-state index is -0.994. The van der Waals surface area contributed by atoms with Gasteiger partial charge >= 0.3 is 5.97 Å². The molecule has 2 amide bonds. The van der Waals surface area contributed by atoms with Crippen molar-refractivity contribution < 1.29 is 38.9 Å². The van der Waals surface area contributed by atoms with Gasteiger partial charge in [-0.25, -0.2) is 0 Å². The first-order valence-corrected chi connectivity index (χ1v) is 13.3. The van der Waals surface area contributed by atoms with Gasteiger partial charge in [-0.05, 0) is 58.8 Å². The van der Waals surface area contributed by atoms with E-state index in [1.165, 1.54) is 11.0 Å². The Morgan fingerprint density at radius 2 is 1.82 bits per heavy atom. The molecule has 1 aromatic rings. The summed E-state index contributed by atoms with van der Waals surface area (Å²) in [6.07, 6.45) is 3.75. The number of ether oxygens (including phenoxy) is 1. The number of carboxylic acid groups (broad SMARTS) is 1. The summed E-state index contributed by atoms with van der Waals surface area (Å²) < 4.78 is 5.63. The number of aliphatic hydroxyl groups excluding tert-OH is 1. The second-order valence-corrected chi connectivity index (χ2v) is 10.7. The number of halogens is 1. The Morgan fingerprint density at radius 1 is 1.08 bits per heavy atom. The van der Waals surface area contributed by atoms with Crippen LogP contribution in [-0.2, 0) is 24.0 Å². The predicted molar refractivity (Wildman–Crippen MR) is 137 cm³/mol. The molecule has 0 saturated carbocycles. The van der Waals surface area contributed by atoms with E-state index in [2.05, 4.69) is 15.9 Å². The number of ketones is 2. The van der Waals surface area contributed by atoms with Gasteiger partial charge in [0.1, 0.15) is 12.4 Å². The maximum Gasteiger partial charge on any atom is 0.303 e. The van der Waals surface area contributed by atoms with Gasteiger partial charge in [-0.1, -0.05) is 23.8 Å². The zero-order valence-corrected chi connectivity index (χ0v) is 22.0. The van der Waals surface area contributed by atoms with Gasteiger partial charge in [-0.3, -0.25) is 28.9 Å². The van der Waals surface area contributed by atoms with Gasteiger partial charge in [0.05, 0.1) is 22.9 Å². The van der Waals surface area contributed by atoms with E-state index in [1.807, 2.05) is 18.2 Å². The summed E-state index contributed by atoms with van der Waals surface area (Å²) in [5, 5.41) is 18.0. The molecule has 2 N–H and O–H groups in total. The molecule has 0 spiro atoms. The summed E-state index contributed by atoms with van der Waals surface area (Å²) in [6, 6.07) is 7.08. The number of imide groups is 1. The molecule has 38 heavy (non-hydrogen) atoms. The smallest absolute Gasteiger partial charge is 0.303 e. The van der Waals surface area contributed by atoms with Gasteiger partial charge in [0.15, 0.2) is 11.6 Å². The molecule has 1 heterocycles. The third-order valence-corrected chi connectivity index (χ3v) is 8.36. The number of aliphatic carboxylic acids is 1. The lowest BCUT2D eigenvalue weighted by Crippen LogP contribution is -2.39. The van der Waals surface area contributed by atoms with Crippen LogP contribution in [0.3, 0.4) is 0 Å². The van der Waals surface area contributed by atoms with Crippen LogP contribution in [0.1, 0.15) is 37.2 Å². The van der Waals surface area contributed by atoms with Gasteiger partial charge in [0, 0.05) is 36.1 Å². The van der Waals surface area contributed by atoms with Gasteiger partial charge in [-0.2, -0.15) is 0 Å². The molecule has 0 radical (unpaired) electrons. The van der Waals surface area contributed by atoms with Crippen LogP contribution in [0.4, 0.5) is 0 Å². The van der Waals surface area contributed by atoms with Crippen molar-refractivity contribution in [1.29, 1.82) is 0 Å². The van der Waals surface area contributed by atoms with Gasteiger partial charge in [-0.15, -0.1) is 0 Å². The van der Waals surface area contributed by atoms with Crippen LogP contribution in [0.5, 0.6) is 5.75 Å². The SMILES string of the molecule is O=C(O)CCCN1C(=O)C2CC=C3C(c4ccc(OCCO)cc4)C4=C(CC3C2C1=O)C(=O)C(Br)=CC4=O. The summed E-state index contributed by atoms with van der Waals surface area (Å²) >= 11 is 3.21. The number of benzene rings is 1. The molecule has 1 saturated heterocycles. The van der Waals surface area contributed by atoms with Crippen molar-refractivity contribution in [3.63, 3.8) is 0 Å². The van der Waals surface area contributed by atoms with E-state index in [9.17, 15) is 24.0 Å². The fourth-order valence-corrected chi connectivity index (χ4v) is 6.63. The maximum absolute atomic E-state index is 13.5. The van der Waals surface area contributed by atoms with Gasteiger partial charge in [0.25, 0.3) is 0 Å². The Bertz CT molecular complexity index is 1320. The van der Waals surface area contributed by atoms with Crippen LogP contribution in [0.25, 0.3) is 0 Å². The zero-order valence-electron chi connectivity index (χ0n) is 20.4. The minimum absolute atomic E-state index is 0.0391. The van der Waals surface area contributed by atoms with Gasteiger partial charge < -0.3 is 14.9 Å². The number of nitrogens with zero attached hydrogens (tertiary/aromatic N) is 1. The number of allylic oxidation sites excluding steroid dienone is 6. The van der Waals surface area contributed by atoms with E-state index in [4.69, 9.17) is 14.9 Å². The fourth-order valence-electron chi connectivity index (χ4n) is 6.18. The number of rotatable bonds is 8. The van der Waals surface area contributed by atoms with Crippen LogP contribution in [-0.4, -0.2) is 64.2 Å². The zero-order chi connectivity index (χ0) is 27.1. The van der Waals surface area contributed by atoms with Crippen molar-refractivity contribution in [2.45, 2.75) is 31.6 Å². The molecule has 1 aromatic carbocycles. The lowest BCUT2D eigenvalue weighted by atomic mass is 9.59. The molecule has 0 aromatic heterocycles. The number of carbonyl (C=O) groups is 5. The average Bonchev–Trinajstić information content (AvgIpc) is 3.14. The molecule has 3 aliphatic carbocycles. The van der Waals surface area contributed by atoms with Crippen molar-refractivity contribution in [2.75, 3.05) is 19.8 Å². The molecule has 10 heteroatoms. The minimum Gasteiger partial charge on any atom is -0.491 e. The first-order valence-electron chi connectivity index (χ1n) is 12.5. The molecule has 4 atom stereocenters. The molecule has 4 aliphatic rings. The number of hydrogen-bond donors (Lipinski definition) is 2. The van der Waals surface area contributed by atoms with Crippen LogP contribution in [0, 0.1) is 17.8 Å². The highest BCUT2D eigenvalue weighted by Gasteiger charge is 2.56. The quantitative estimate of drug-likeness (QED) is 0.270. The average molecular weight is 584 g/mol. The number of hydrogen-bond acceptors (Lipinski definition) is 7. The lowest BCUT2D eigenvalue weighted by molar-refractivity contribution is -0.142. The topological polar surface area (TPSA) is 138 Å². The highest BCUT2D eigenvalue weighted by molar-refractivity contribution is 9.12. The molecular formula is C28H26BrNO8. The Kier molecular flexibility index (Phi) is 7.19. The number of aliphatic hydroxyl groups is 1. The molecule has 9 nitrogen and oxygen atoms in total. The summed E-state index contributed by atoms with van der Waals surface area (Å²) in [7, 11) is 0. The molecule has 0 bridgehead atoms. The summed E-state index contributed by atoms with van der Waals surface area (Å²) in [5.74, 6) is -3.94. The fraction of sp³-hybridized carbons (Fsp3) is 0.393. The first-order chi connectivity index (χ1) is 18.2. The summed E-state index contributed by atoms with van der Waals surface area (Å²) in [4.78, 5) is 65.3. The van der Waals surface area contributed by atoms with Crippen molar-refractivity contribution in [3.8, 4) is 5.75 Å². The highest BCUT2D eigenvalue weighted by Crippen LogP contribution is 2.55. The van der Waals surface area contributed by atoms with E-state index < -0.39 is 29.6 Å². The van der Waals surface area contributed by atoms with Crippen molar-refractivity contribution in [1.82, 2.24) is 4.90 Å². The summed E-state index contributed by atoms with van der Waals surface area (Å²) in [6.45, 7) is 0.0479. The number of carbonyl (C=O) groups excluding carboxylic acids is 4. The second kappa shape index (κ2) is 10.4. The van der Waals surface area contributed by atoms with E-state index in [0.717, 1.165) is 11.1 Å². The predicted octanol–water partition coefficient (Wildman–Crippen LogP) is 2.68. The number of Topliss-reactive ketones (excluding diaryl/α,β-unsaturated/α-hetero) is 1.